The molecule has 5 nitrogen and oxygen atoms in total. The van der Waals surface area contributed by atoms with Crippen LogP contribution in [0.4, 0.5) is 5.00 Å². The third kappa shape index (κ3) is 5.11. The number of benzene rings is 1. The van der Waals surface area contributed by atoms with Gasteiger partial charge in [-0.3, -0.25) is 4.79 Å². The Morgan fingerprint density at radius 3 is 2.83 bits per heavy atom. The van der Waals surface area contributed by atoms with Crippen molar-refractivity contribution in [3.05, 3.63) is 51.9 Å². The van der Waals surface area contributed by atoms with Gasteiger partial charge >= 0.3 is 5.97 Å². The van der Waals surface area contributed by atoms with E-state index in [4.69, 9.17) is 9.47 Å². The fourth-order valence-corrected chi connectivity index (χ4v) is 5.04. The van der Waals surface area contributed by atoms with Crippen LogP contribution < -0.4 is 10.1 Å². The highest BCUT2D eigenvalue weighted by Gasteiger charge is 2.30. The second-order valence-corrected chi connectivity index (χ2v) is 8.47. The lowest BCUT2D eigenvalue weighted by molar-refractivity contribution is -0.111. The van der Waals surface area contributed by atoms with Gasteiger partial charge in [-0.25, -0.2) is 4.79 Å². The first kappa shape index (κ1) is 22.1. The summed E-state index contributed by atoms with van der Waals surface area (Å²) in [6, 6.07) is 7.61. The lowest BCUT2D eigenvalue weighted by Gasteiger charge is -2.19. The smallest absolute Gasteiger partial charge is 0.341 e. The van der Waals surface area contributed by atoms with Crippen LogP contribution in [0, 0.1) is 0 Å². The summed E-state index contributed by atoms with van der Waals surface area (Å²) in [5.41, 5.74) is 2.41. The molecule has 160 valence electrons. The van der Waals surface area contributed by atoms with Crippen LogP contribution in [0.25, 0.3) is 6.08 Å². The number of ether oxygens (including phenoxy) is 2. The number of hydrogen-bond donors (Lipinski definition) is 1. The summed E-state index contributed by atoms with van der Waals surface area (Å²) in [5.74, 6) is 0.391. The molecule has 1 aromatic heterocycles. The number of para-hydroxylation sites is 1. The van der Waals surface area contributed by atoms with Crippen LogP contribution in [0.5, 0.6) is 5.75 Å². The summed E-state index contributed by atoms with van der Waals surface area (Å²) in [6.07, 6.45) is 7.20. The molecule has 2 aromatic rings. The normalized spacial score (nSPS) is 15.6. The van der Waals surface area contributed by atoms with Crippen molar-refractivity contribution in [2.75, 3.05) is 18.5 Å². The van der Waals surface area contributed by atoms with Crippen LogP contribution in [-0.2, 0) is 16.0 Å². The Labute approximate surface area is 182 Å². The number of aryl methyl sites for hydroxylation is 1. The van der Waals surface area contributed by atoms with Gasteiger partial charge in [0.15, 0.2) is 0 Å². The zero-order valence-corrected chi connectivity index (χ0v) is 18.6. The molecule has 1 N–H and O–H groups in total. The second kappa shape index (κ2) is 10.4. The van der Waals surface area contributed by atoms with Crippen LogP contribution >= 0.6 is 11.3 Å². The number of amides is 1. The van der Waals surface area contributed by atoms with Gasteiger partial charge in [0, 0.05) is 16.5 Å². The molecule has 0 saturated heterocycles. The third-order valence-electron chi connectivity index (χ3n) is 5.07. The maximum atomic E-state index is 12.7. The zero-order chi connectivity index (χ0) is 21.5. The van der Waals surface area contributed by atoms with Gasteiger partial charge in [0.2, 0.25) is 5.91 Å². The molecule has 1 heterocycles. The fourth-order valence-electron chi connectivity index (χ4n) is 3.69. The molecule has 0 fully saturated rings. The zero-order valence-electron chi connectivity index (χ0n) is 17.8. The predicted molar refractivity (Wildman–Crippen MR) is 122 cm³/mol. The van der Waals surface area contributed by atoms with Crippen molar-refractivity contribution in [1.82, 2.24) is 0 Å². The molecule has 0 spiro atoms. The van der Waals surface area contributed by atoms with Crippen molar-refractivity contribution in [3.8, 4) is 5.75 Å². The van der Waals surface area contributed by atoms with Crippen molar-refractivity contribution in [2.45, 2.75) is 52.4 Å². The van der Waals surface area contributed by atoms with Gasteiger partial charge in [-0.1, -0.05) is 32.0 Å². The predicted octanol–water partition coefficient (Wildman–Crippen LogP) is 5.81. The van der Waals surface area contributed by atoms with E-state index < -0.39 is 0 Å². The van der Waals surface area contributed by atoms with E-state index in [1.807, 2.05) is 24.3 Å². The van der Waals surface area contributed by atoms with E-state index in [2.05, 4.69) is 19.2 Å². The Morgan fingerprint density at radius 2 is 2.07 bits per heavy atom. The van der Waals surface area contributed by atoms with E-state index in [9.17, 15) is 9.59 Å². The number of anilines is 1. The highest BCUT2D eigenvalue weighted by atomic mass is 32.1. The molecule has 0 aliphatic heterocycles. The van der Waals surface area contributed by atoms with E-state index in [1.165, 1.54) is 22.3 Å². The van der Waals surface area contributed by atoms with Gasteiger partial charge in [0.05, 0.1) is 18.8 Å². The summed E-state index contributed by atoms with van der Waals surface area (Å²) < 4.78 is 11.0. The number of esters is 1. The van der Waals surface area contributed by atoms with E-state index in [0.717, 1.165) is 42.6 Å². The minimum Gasteiger partial charge on any atom is -0.493 e. The Morgan fingerprint density at radius 1 is 1.27 bits per heavy atom. The molecule has 1 aliphatic rings. The van der Waals surface area contributed by atoms with Gasteiger partial charge in [-0.15, -0.1) is 11.3 Å². The van der Waals surface area contributed by atoms with Crippen LogP contribution in [0.2, 0.25) is 0 Å². The van der Waals surface area contributed by atoms with E-state index in [1.54, 1.807) is 13.0 Å². The number of hydrogen-bond acceptors (Lipinski definition) is 5. The Balaban J connectivity index is 1.82. The first-order valence-corrected chi connectivity index (χ1v) is 11.4. The monoisotopic (exact) mass is 427 g/mol. The minimum atomic E-state index is -0.360. The number of carbonyl (C=O) groups is 2. The molecule has 0 bridgehead atoms. The number of rotatable bonds is 8. The molecule has 1 amide bonds. The SMILES string of the molecule is CCCOc1ccccc1/C=C/C(=O)Nc1sc2c(c1C(=O)OCC)C(C)CCC2. The lowest BCUT2D eigenvalue weighted by atomic mass is 9.86. The molecule has 30 heavy (non-hydrogen) atoms. The molecule has 1 atom stereocenters. The summed E-state index contributed by atoms with van der Waals surface area (Å²) >= 11 is 1.49. The second-order valence-electron chi connectivity index (χ2n) is 7.37. The standard InChI is InChI=1S/C24H29NO4S/c1-4-15-29-18-11-7-6-10-17(18)13-14-20(26)25-23-22(24(27)28-5-2)21-16(3)9-8-12-19(21)30-23/h6-7,10-11,13-14,16H,4-5,8-9,12,15H2,1-3H3,(H,25,26)/b14-13+. The van der Waals surface area contributed by atoms with Crippen LogP contribution in [-0.4, -0.2) is 25.1 Å². The van der Waals surface area contributed by atoms with Gasteiger partial charge in [-0.05, 0) is 56.2 Å². The quantitative estimate of drug-likeness (QED) is 0.427. The van der Waals surface area contributed by atoms with Crippen LogP contribution in [0.15, 0.2) is 30.3 Å². The number of thiophene rings is 1. The van der Waals surface area contributed by atoms with E-state index >= 15 is 0 Å². The molecule has 6 heteroatoms. The Hall–Kier alpha value is -2.60. The van der Waals surface area contributed by atoms with Crippen molar-refractivity contribution in [2.24, 2.45) is 0 Å². The first-order valence-electron chi connectivity index (χ1n) is 10.6. The van der Waals surface area contributed by atoms with Crippen molar-refractivity contribution >= 4 is 34.3 Å². The highest BCUT2D eigenvalue weighted by molar-refractivity contribution is 7.17. The molecule has 0 saturated carbocycles. The highest BCUT2D eigenvalue weighted by Crippen LogP contribution is 2.43. The third-order valence-corrected chi connectivity index (χ3v) is 6.25. The fraction of sp³-hybridized carbons (Fsp3) is 0.417. The van der Waals surface area contributed by atoms with Crippen molar-refractivity contribution in [1.29, 1.82) is 0 Å². The van der Waals surface area contributed by atoms with Gasteiger partial charge in [0.1, 0.15) is 10.8 Å². The maximum Gasteiger partial charge on any atom is 0.341 e. The molecule has 1 unspecified atom stereocenters. The van der Waals surface area contributed by atoms with Crippen LogP contribution in [0.3, 0.4) is 0 Å². The molecular formula is C24H29NO4S. The van der Waals surface area contributed by atoms with Crippen molar-refractivity contribution in [3.63, 3.8) is 0 Å². The number of nitrogens with one attached hydrogen (secondary N) is 1. The number of fused-ring (bicyclic) bond motifs is 1. The maximum absolute atomic E-state index is 12.7. The summed E-state index contributed by atoms with van der Waals surface area (Å²) in [4.78, 5) is 26.5. The molecule has 3 rings (SSSR count). The van der Waals surface area contributed by atoms with E-state index in [0.29, 0.717) is 23.8 Å². The van der Waals surface area contributed by atoms with Gasteiger partial charge < -0.3 is 14.8 Å². The number of carbonyl (C=O) groups excluding carboxylic acids is 2. The summed E-state index contributed by atoms with van der Waals surface area (Å²) in [6.45, 7) is 6.90. The first-order chi connectivity index (χ1) is 14.5. The topological polar surface area (TPSA) is 64.6 Å². The van der Waals surface area contributed by atoms with Gasteiger partial charge in [-0.2, -0.15) is 0 Å². The van der Waals surface area contributed by atoms with E-state index in [-0.39, 0.29) is 17.8 Å². The molecule has 1 aromatic carbocycles. The lowest BCUT2D eigenvalue weighted by Crippen LogP contribution is -2.15. The summed E-state index contributed by atoms with van der Waals surface area (Å²) in [7, 11) is 0. The van der Waals surface area contributed by atoms with Gasteiger partial charge in [0.25, 0.3) is 0 Å². The molecular weight excluding hydrogens is 398 g/mol. The Bertz CT molecular complexity index is 931. The minimum absolute atomic E-state index is 0.280. The molecule has 0 radical (unpaired) electrons. The summed E-state index contributed by atoms with van der Waals surface area (Å²) in [5, 5.41) is 3.49. The largest absolute Gasteiger partial charge is 0.493 e. The van der Waals surface area contributed by atoms with Crippen molar-refractivity contribution < 1.29 is 19.1 Å². The Kier molecular flexibility index (Phi) is 7.69. The average Bonchev–Trinajstić information content (AvgIpc) is 3.10. The van der Waals surface area contributed by atoms with Crippen LogP contribution in [0.1, 0.15) is 72.3 Å². The average molecular weight is 428 g/mol. The molecule has 1 aliphatic carbocycles.